The molecule has 0 saturated carbocycles. The maximum absolute atomic E-state index is 12.4. The lowest BCUT2D eigenvalue weighted by Crippen LogP contribution is -2.54. The Labute approximate surface area is 158 Å². The van der Waals surface area contributed by atoms with Gasteiger partial charge in [0, 0.05) is 42.4 Å². The van der Waals surface area contributed by atoms with E-state index >= 15 is 0 Å². The van der Waals surface area contributed by atoms with Crippen LogP contribution in [0.2, 0.25) is 0 Å². The first-order valence-corrected chi connectivity index (χ1v) is 9.46. The van der Waals surface area contributed by atoms with Crippen LogP contribution in [0.15, 0.2) is 28.7 Å². The van der Waals surface area contributed by atoms with Crippen molar-refractivity contribution in [1.29, 1.82) is 0 Å². The molecule has 1 fully saturated rings. The molecular weight excluding hydrogens is 384 g/mol. The first kappa shape index (κ1) is 19.9. The van der Waals surface area contributed by atoms with Gasteiger partial charge in [-0.05, 0) is 45.0 Å². The summed E-state index contributed by atoms with van der Waals surface area (Å²) in [6.07, 6.45) is 0. The molecule has 1 heterocycles. The Morgan fingerprint density at radius 3 is 2.24 bits per heavy atom. The standard InChI is InChI=1S/C18H27BrN4O2/c1-13(2)20-17(24)12-22-8-10-23(11-9-22)14(3)18(25)21-16-6-4-15(19)5-7-16/h4-7,13-14H,8-12H2,1-3H3,(H,20,24)(H,21,25)/t14-/m0/s1. The average molecular weight is 411 g/mol. The van der Waals surface area contributed by atoms with Crippen molar-refractivity contribution in [3.63, 3.8) is 0 Å². The van der Waals surface area contributed by atoms with Gasteiger partial charge in [-0.25, -0.2) is 0 Å². The van der Waals surface area contributed by atoms with E-state index in [0.29, 0.717) is 6.54 Å². The van der Waals surface area contributed by atoms with Gasteiger partial charge in [0.05, 0.1) is 12.6 Å². The van der Waals surface area contributed by atoms with E-state index < -0.39 is 0 Å². The Morgan fingerprint density at radius 2 is 1.68 bits per heavy atom. The third-order valence-corrected chi connectivity index (χ3v) is 4.79. The van der Waals surface area contributed by atoms with Gasteiger partial charge in [-0.15, -0.1) is 0 Å². The lowest BCUT2D eigenvalue weighted by atomic mass is 10.2. The molecule has 1 aromatic carbocycles. The molecule has 1 atom stereocenters. The van der Waals surface area contributed by atoms with Crippen LogP contribution in [0.5, 0.6) is 0 Å². The number of rotatable bonds is 6. The van der Waals surface area contributed by atoms with Gasteiger partial charge in [0.1, 0.15) is 0 Å². The van der Waals surface area contributed by atoms with Gasteiger partial charge in [-0.2, -0.15) is 0 Å². The molecule has 2 rings (SSSR count). The van der Waals surface area contributed by atoms with Gasteiger partial charge < -0.3 is 10.6 Å². The molecule has 0 bridgehead atoms. The van der Waals surface area contributed by atoms with Crippen LogP contribution < -0.4 is 10.6 Å². The van der Waals surface area contributed by atoms with E-state index in [1.54, 1.807) is 0 Å². The molecule has 1 aliphatic heterocycles. The third-order valence-electron chi connectivity index (χ3n) is 4.26. The zero-order chi connectivity index (χ0) is 18.4. The molecule has 1 aromatic rings. The minimum atomic E-state index is -0.199. The highest BCUT2D eigenvalue weighted by Gasteiger charge is 2.26. The van der Waals surface area contributed by atoms with E-state index in [-0.39, 0.29) is 23.9 Å². The van der Waals surface area contributed by atoms with E-state index in [1.807, 2.05) is 45.0 Å². The summed E-state index contributed by atoms with van der Waals surface area (Å²) in [5, 5.41) is 5.86. The molecule has 25 heavy (non-hydrogen) atoms. The molecule has 0 aromatic heterocycles. The van der Waals surface area contributed by atoms with Crippen molar-refractivity contribution in [3.05, 3.63) is 28.7 Å². The van der Waals surface area contributed by atoms with Crippen molar-refractivity contribution in [2.45, 2.75) is 32.9 Å². The average Bonchev–Trinajstić information content (AvgIpc) is 2.56. The zero-order valence-electron chi connectivity index (χ0n) is 15.1. The summed E-state index contributed by atoms with van der Waals surface area (Å²) in [4.78, 5) is 28.6. The van der Waals surface area contributed by atoms with Crippen LogP contribution in [0.25, 0.3) is 0 Å². The summed E-state index contributed by atoms with van der Waals surface area (Å²) < 4.78 is 0.983. The highest BCUT2D eigenvalue weighted by molar-refractivity contribution is 9.10. The first-order valence-electron chi connectivity index (χ1n) is 8.67. The predicted octanol–water partition coefficient (Wildman–Crippen LogP) is 1.92. The van der Waals surface area contributed by atoms with Gasteiger partial charge in [-0.3, -0.25) is 19.4 Å². The molecule has 0 unspecified atom stereocenters. The molecule has 1 saturated heterocycles. The van der Waals surface area contributed by atoms with Crippen molar-refractivity contribution in [1.82, 2.24) is 15.1 Å². The quantitative estimate of drug-likeness (QED) is 0.751. The number of carbonyl (C=O) groups is 2. The van der Waals surface area contributed by atoms with E-state index in [4.69, 9.17) is 0 Å². The number of nitrogens with one attached hydrogen (secondary N) is 2. The summed E-state index contributed by atoms with van der Waals surface area (Å²) in [6, 6.07) is 7.52. The normalized spacial score (nSPS) is 17.3. The van der Waals surface area contributed by atoms with Crippen molar-refractivity contribution in [3.8, 4) is 0 Å². The minimum Gasteiger partial charge on any atom is -0.353 e. The lowest BCUT2D eigenvalue weighted by molar-refractivity contribution is -0.125. The SMILES string of the molecule is CC(C)NC(=O)CN1CCN([C@@H](C)C(=O)Nc2ccc(Br)cc2)CC1. The number of carbonyl (C=O) groups excluding carboxylic acids is 2. The smallest absolute Gasteiger partial charge is 0.241 e. The number of hydrogen-bond acceptors (Lipinski definition) is 4. The van der Waals surface area contributed by atoms with Gasteiger partial charge in [-0.1, -0.05) is 15.9 Å². The number of halogens is 1. The molecule has 2 amide bonds. The molecule has 0 aliphatic carbocycles. The second kappa shape index (κ2) is 9.31. The Hall–Kier alpha value is -1.44. The highest BCUT2D eigenvalue weighted by Crippen LogP contribution is 2.15. The molecule has 138 valence electrons. The van der Waals surface area contributed by atoms with E-state index in [9.17, 15) is 9.59 Å². The van der Waals surface area contributed by atoms with Crippen molar-refractivity contribution < 1.29 is 9.59 Å². The minimum absolute atomic E-state index is 0.00618. The Kier molecular flexibility index (Phi) is 7.40. The van der Waals surface area contributed by atoms with Gasteiger partial charge in [0.25, 0.3) is 0 Å². The summed E-state index contributed by atoms with van der Waals surface area (Å²) in [6.45, 7) is 9.42. The van der Waals surface area contributed by atoms with Gasteiger partial charge >= 0.3 is 0 Å². The van der Waals surface area contributed by atoms with Crippen LogP contribution >= 0.6 is 15.9 Å². The van der Waals surface area contributed by atoms with E-state index in [0.717, 1.165) is 36.3 Å². The number of anilines is 1. The van der Waals surface area contributed by atoms with Crippen LogP contribution in [0.3, 0.4) is 0 Å². The lowest BCUT2D eigenvalue weighted by Gasteiger charge is -2.37. The van der Waals surface area contributed by atoms with Crippen LogP contribution in [0.1, 0.15) is 20.8 Å². The summed E-state index contributed by atoms with van der Waals surface area (Å²) in [5.41, 5.74) is 0.795. The molecule has 1 aliphatic rings. The van der Waals surface area contributed by atoms with Crippen molar-refractivity contribution >= 4 is 33.4 Å². The predicted molar refractivity (Wildman–Crippen MR) is 104 cm³/mol. The molecule has 7 heteroatoms. The van der Waals surface area contributed by atoms with Crippen LogP contribution in [0, 0.1) is 0 Å². The maximum Gasteiger partial charge on any atom is 0.241 e. The molecular formula is C18H27BrN4O2. The molecule has 6 nitrogen and oxygen atoms in total. The number of hydrogen-bond donors (Lipinski definition) is 2. The largest absolute Gasteiger partial charge is 0.353 e. The molecule has 0 radical (unpaired) electrons. The monoisotopic (exact) mass is 410 g/mol. The fraction of sp³-hybridized carbons (Fsp3) is 0.556. The first-order chi connectivity index (χ1) is 11.8. The summed E-state index contributed by atoms with van der Waals surface area (Å²) >= 11 is 3.38. The van der Waals surface area contributed by atoms with Crippen molar-refractivity contribution in [2.75, 3.05) is 38.0 Å². The van der Waals surface area contributed by atoms with Crippen molar-refractivity contribution in [2.24, 2.45) is 0 Å². The molecule has 0 spiro atoms. The fourth-order valence-electron chi connectivity index (χ4n) is 2.83. The number of benzene rings is 1. The van der Waals surface area contributed by atoms with Crippen LogP contribution in [0.4, 0.5) is 5.69 Å². The second-order valence-corrected chi connectivity index (χ2v) is 7.62. The number of nitrogens with zero attached hydrogens (tertiary/aromatic N) is 2. The van der Waals surface area contributed by atoms with Gasteiger partial charge in [0.2, 0.25) is 11.8 Å². The zero-order valence-corrected chi connectivity index (χ0v) is 16.7. The highest BCUT2D eigenvalue weighted by atomic mass is 79.9. The third kappa shape index (κ3) is 6.41. The van der Waals surface area contributed by atoms with Gasteiger partial charge in [0.15, 0.2) is 0 Å². The maximum atomic E-state index is 12.4. The van der Waals surface area contributed by atoms with Crippen LogP contribution in [-0.2, 0) is 9.59 Å². The topological polar surface area (TPSA) is 64.7 Å². The van der Waals surface area contributed by atoms with Crippen LogP contribution in [-0.4, -0.2) is 66.4 Å². The molecule has 2 N–H and O–H groups in total. The number of piperazine rings is 1. The van der Waals surface area contributed by atoms with E-state index in [1.165, 1.54) is 0 Å². The van der Waals surface area contributed by atoms with E-state index in [2.05, 4.69) is 36.4 Å². The fourth-order valence-corrected chi connectivity index (χ4v) is 3.09. The Balaban J connectivity index is 1.78. The summed E-state index contributed by atoms with van der Waals surface area (Å²) in [7, 11) is 0. The Bertz CT molecular complexity index is 583. The Morgan fingerprint density at radius 1 is 1.08 bits per heavy atom. The second-order valence-electron chi connectivity index (χ2n) is 6.71. The number of amides is 2. The summed E-state index contributed by atoms with van der Waals surface area (Å²) in [5.74, 6) is 0.0535.